The van der Waals surface area contributed by atoms with Gasteiger partial charge in [0.15, 0.2) is 0 Å². The normalized spacial score (nSPS) is 30.5. The Morgan fingerprint density at radius 1 is 1.47 bits per heavy atom. The highest BCUT2D eigenvalue weighted by Gasteiger charge is 2.25. The van der Waals surface area contributed by atoms with Crippen LogP contribution in [0.15, 0.2) is 6.20 Å². The molecule has 0 spiro atoms. The van der Waals surface area contributed by atoms with Gasteiger partial charge in [0.05, 0.1) is 0 Å². The topological polar surface area (TPSA) is 17.8 Å². The first-order valence-electron chi connectivity index (χ1n) is 5.96. The summed E-state index contributed by atoms with van der Waals surface area (Å²) in [5, 5.41) is 0. The predicted octanol–water partition coefficient (Wildman–Crippen LogP) is 2.69. The zero-order valence-corrected chi connectivity index (χ0v) is 10.1. The van der Waals surface area contributed by atoms with Crippen molar-refractivity contribution in [1.82, 2.24) is 9.55 Å². The second-order valence-electron chi connectivity index (χ2n) is 4.92. The molecule has 1 aromatic heterocycles. The van der Waals surface area contributed by atoms with E-state index in [4.69, 9.17) is 0 Å². The molecule has 3 heterocycles. The van der Waals surface area contributed by atoms with Gasteiger partial charge in [-0.2, -0.15) is 11.8 Å². The number of fused-ring (bicyclic) bond motifs is 1. The smallest absolute Gasteiger partial charge is 0.112 e. The van der Waals surface area contributed by atoms with Gasteiger partial charge in [0.1, 0.15) is 5.82 Å². The second kappa shape index (κ2) is 3.85. The average molecular weight is 222 g/mol. The van der Waals surface area contributed by atoms with E-state index >= 15 is 0 Å². The van der Waals surface area contributed by atoms with Crippen molar-refractivity contribution < 1.29 is 0 Å². The zero-order chi connectivity index (χ0) is 10.3. The lowest BCUT2D eigenvalue weighted by atomic mass is 9.98. The maximum absolute atomic E-state index is 4.66. The van der Waals surface area contributed by atoms with Crippen molar-refractivity contribution in [3.8, 4) is 0 Å². The van der Waals surface area contributed by atoms with Crippen LogP contribution in [-0.2, 0) is 13.0 Å². The Morgan fingerprint density at radius 2 is 2.40 bits per heavy atom. The minimum absolute atomic E-state index is 0.733. The summed E-state index contributed by atoms with van der Waals surface area (Å²) in [4.78, 5) is 4.66. The van der Waals surface area contributed by atoms with Crippen molar-refractivity contribution in [1.29, 1.82) is 0 Å². The maximum Gasteiger partial charge on any atom is 0.112 e. The number of hydrogen-bond donors (Lipinski definition) is 0. The molecule has 2 aliphatic rings. The summed E-state index contributed by atoms with van der Waals surface area (Å²) in [6, 6.07) is 0. The van der Waals surface area contributed by atoms with Crippen molar-refractivity contribution in [3.63, 3.8) is 0 Å². The molecule has 1 fully saturated rings. The van der Waals surface area contributed by atoms with Crippen LogP contribution in [0.1, 0.15) is 37.2 Å². The molecule has 0 N–H and O–H groups in total. The lowest BCUT2D eigenvalue weighted by molar-refractivity contribution is 0.404. The van der Waals surface area contributed by atoms with Crippen LogP contribution in [0.25, 0.3) is 0 Å². The summed E-state index contributed by atoms with van der Waals surface area (Å²) >= 11 is 2.08. The van der Waals surface area contributed by atoms with Crippen LogP contribution >= 0.6 is 11.8 Å². The van der Waals surface area contributed by atoms with E-state index in [0.29, 0.717) is 0 Å². The number of nitrogens with zero attached hydrogens (tertiary/aromatic N) is 2. The van der Waals surface area contributed by atoms with E-state index < -0.39 is 0 Å². The third kappa shape index (κ3) is 1.71. The second-order valence-corrected chi connectivity index (χ2v) is 6.07. The van der Waals surface area contributed by atoms with Crippen molar-refractivity contribution >= 4 is 11.8 Å². The molecule has 1 aromatic rings. The molecule has 0 radical (unpaired) electrons. The first kappa shape index (κ1) is 9.76. The third-order valence-corrected chi connectivity index (χ3v) is 4.83. The molecule has 0 amide bonds. The Balaban J connectivity index is 1.90. The molecule has 0 saturated carbocycles. The number of thioether (sulfide) groups is 1. The standard InChI is InChI=1S/C12H18N2S/c1-9-2-4-14-11(6-9)7-13-12(14)10-3-5-15-8-10/h7,9-10H,2-6,8H2,1H3. The zero-order valence-electron chi connectivity index (χ0n) is 9.28. The van der Waals surface area contributed by atoms with E-state index in [1.807, 2.05) is 0 Å². The molecule has 2 nitrogen and oxygen atoms in total. The molecular weight excluding hydrogens is 204 g/mol. The van der Waals surface area contributed by atoms with Crippen LogP contribution in [0.5, 0.6) is 0 Å². The summed E-state index contributed by atoms with van der Waals surface area (Å²) in [5.41, 5.74) is 1.47. The Morgan fingerprint density at radius 3 is 3.20 bits per heavy atom. The Hall–Kier alpha value is -0.440. The molecule has 2 atom stereocenters. The monoisotopic (exact) mass is 222 g/mol. The molecule has 15 heavy (non-hydrogen) atoms. The summed E-state index contributed by atoms with van der Waals surface area (Å²) in [6.07, 6.45) is 6.01. The number of rotatable bonds is 1. The number of aromatic nitrogens is 2. The van der Waals surface area contributed by atoms with Gasteiger partial charge in [-0.1, -0.05) is 6.92 Å². The van der Waals surface area contributed by atoms with Gasteiger partial charge in [0.25, 0.3) is 0 Å². The molecule has 2 unspecified atom stereocenters. The highest BCUT2D eigenvalue weighted by Crippen LogP contribution is 2.33. The van der Waals surface area contributed by atoms with Crippen molar-refractivity contribution in [2.45, 2.75) is 38.6 Å². The summed E-state index contributed by atoms with van der Waals surface area (Å²) in [6.45, 7) is 3.55. The molecule has 3 heteroatoms. The van der Waals surface area contributed by atoms with Crippen molar-refractivity contribution in [3.05, 3.63) is 17.7 Å². The maximum atomic E-state index is 4.66. The van der Waals surface area contributed by atoms with Gasteiger partial charge in [0, 0.05) is 30.1 Å². The molecule has 1 saturated heterocycles. The largest absolute Gasteiger partial charge is 0.332 e. The van der Waals surface area contributed by atoms with Gasteiger partial charge in [-0.3, -0.25) is 0 Å². The fourth-order valence-electron chi connectivity index (χ4n) is 2.72. The predicted molar refractivity (Wildman–Crippen MR) is 64.4 cm³/mol. The van der Waals surface area contributed by atoms with E-state index in [2.05, 4.69) is 34.4 Å². The van der Waals surface area contributed by atoms with Crippen LogP contribution in [-0.4, -0.2) is 21.1 Å². The molecule has 0 bridgehead atoms. The summed E-state index contributed by atoms with van der Waals surface area (Å²) in [5.74, 6) is 5.56. The molecule has 3 rings (SSSR count). The Kier molecular flexibility index (Phi) is 2.51. The van der Waals surface area contributed by atoms with Crippen LogP contribution in [0.2, 0.25) is 0 Å². The lowest BCUT2D eigenvalue weighted by Gasteiger charge is -2.23. The van der Waals surface area contributed by atoms with Gasteiger partial charge in [-0.05, 0) is 30.9 Å². The van der Waals surface area contributed by atoms with Crippen LogP contribution in [0, 0.1) is 5.92 Å². The van der Waals surface area contributed by atoms with Gasteiger partial charge in [0.2, 0.25) is 0 Å². The van der Waals surface area contributed by atoms with Gasteiger partial charge in [-0.15, -0.1) is 0 Å². The van der Waals surface area contributed by atoms with Crippen molar-refractivity contribution in [2.75, 3.05) is 11.5 Å². The van der Waals surface area contributed by atoms with E-state index in [0.717, 1.165) is 11.8 Å². The highest BCUT2D eigenvalue weighted by molar-refractivity contribution is 7.99. The third-order valence-electron chi connectivity index (χ3n) is 3.67. The number of imidazole rings is 1. The van der Waals surface area contributed by atoms with Gasteiger partial charge >= 0.3 is 0 Å². The average Bonchev–Trinajstić information content (AvgIpc) is 2.82. The minimum atomic E-state index is 0.733. The van der Waals surface area contributed by atoms with Gasteiger partial charge in [-0.25, -0.2) is 4.98 Å². The van der Waals surface area contributed by atoms with Crippen LogP contribution in [0.3, 0.4) is 0 Å². The van der Waals surface area contributed by atoms with Crippen molar-refractivity contribution in [2.24, 2.45) is 5.92 Å². The van der Waals surface area contributed by atoms with Crippen LogP contribution < -0.4 is 0 Å². The van der Waals surface area contributed by atoms with E-state index in [-0.39, 0.29) is 0 Å². The van der Waals surface area contributed by atoms with E-state index in [1.165, 1.54) is 48.8 Å². The summed E-state index contributed by atoms with van der Waals surface area (Å²) in [7, 11) is 0. The first-order chi connectivity index (χ1) is 7.34. The van der Waals surface area contributed by atoms with Crippen LogP contribution in [0.4, 0.5) is 0 Å². The fourth-order valence-corrected chi connectivity index (χ4v) is 3.94. The fraction of sp³-hybridized carbons (Fsp3) is 0.750. The molecule has 0 aromatic carbocycles. The number of hydrogen-bond acceptors (Lipinski definition) is 2. The lowest BCUT2D eigenvalue weighted by Crippen LogP contribution is -2.19. The van der Waals surface area contributed by atoms with E-state index in [1.54, 1.807) is 0 Å². The molecule has 82 valence electrons. The molecular formula is C12H18N2S. The Labute approximate surface area is 95.5 Å². The molecule has 2 aliphatic heterocycles. The summed E-state index contributed by atoms with van der Waals surface area (Å²) < 4.78 is 2.50. The minimum Gasteiger partial charge on any atom is -0.332 e. The van der Waals surface area contributed by atoms with Gasteiger partial charge < -0.3 is 4.57 Å². The SMILES string of the molecule is CC1CCn2c(cnc2C2CCSC2)C1. The first-order valence-corrected chi connectivity index (χ1v) is 7.12. The molecule has 0 aliphatic carbocycles. The quantitative estimate of drug-likeness (QED) is 0.727. The van der Waals surface area contributed by atoms with E-state index in [9.17, 15) is 0 Å². The highest BCUT2D eigenvalue weighted by atomic mass is 32.2. The Bertz CT molecular complexity index is 353.